The van der Waals surface area contributed by atoms with Gasteiger partial charge in [-0.15, -0.1) is 0 Å². The lowest BCUT2D eigenvalue weighted by molar-refractivity contribution is -0.117. The van der Waals surface area contributed by atoms with Gasteiger partial charge in [0.05, 0.1) is 29.8 Å². The van der Waals surface area contributed by atoms with Crippen LogP contribution >= 0.6 is 0 Å². The van der Waals surface area contributed by atoms with Crippen LogP contribution in [-0.4, -0.2) is 26.1 Å². The van der Waals surface area contributed by atoms with Crippen molar-refractivity contribution in [3.63, 3.8) is 0 Å². The van der Waals surface area contributed by atoms with Crippen LogP contribution in [0, 0.1) is 23.2 Å². The number of H-pyrrole nitrogens is 1. The molecule has 0 radical (unpaired) electrons. The molecule has 24 heavy (non-hydrogen) atoms. The second kappa shape index (κ2) is 5.31. The van der Waals surface area contributed by atoms with Crippen LogP contribution in [0.25, 0.3) is 22.0 Å². The summed E-state index contributed by atoms with van der Waals surface area (Å²) in [6, 6.07) is 5.71. The first kappa shape index (κ1) is 14.1. The first-order chi connectivity index (χ1) is 11.7. The van der Waals surface area contributed by atoms with Gasteiger partial charge in [0.15, 0.2) is 0 Å². The van der Waals surface area contributed by atoms with E-state index < -0.39 is 0 Å². The van der Waals surface area contributed by atoms with Gasteiger partial charge in [0.25, 0.3) is 0 Å². The highest BCUT2D eigenvalue weighted by molar-refractivity contribution is 5.98. The van der Waals surface area contributed by atoms with Crippen LogP contribution in [0.4, 0.5) is 11.6 Å². The van der Waals surface area contributed by atoms with Crippen molar-refractivity contribution >= 4 is 28.3 Å². The van der Waals surface area contributed by atoms with Gasteiger partial charge in [-0.2, -0.15) is 10.4 Å². The number of nitriles is 1. The molecule has 1 amide bonds. The largest absolute Gasteiger partial charge is 0.383 e. The molecule has 1 fully saturated rings. The molecule has 2 atom stereocenters. The van der Waals surface area contributed by atoms with Crippen molar-refractivity contribution in [2.45, 2.75) is 6.42 Å². The molecule has 1 aliphatic carbocycles. The number of nitrogens with zero attached hydrogens (tertiary/aromatic N) is 4. The van der Waals surface area contributed by atoms with Gasteiger partial charge in [-0.25, -0.2) is 9.97 Å². The fraction of sp³-hybridized carbons (Fsp3) is 0.188. The summed E-state index contributed by atoms with van der Waals surface area (Å²) in [6.07, 6.45) is 5.58. The Morgan fingerprint density at radius 1 is 1.42 bits per heavy atom. The van der Waals surface area contributed by atoms with Crippen LogP contribution in [0.5, 0.6) is 0 Å². The van der Waals surface area contributed by atoms with Crippen molar-refractivity contribution < 1.29 is 4.79 Å². The zero-order valence-electron chi connectivity index (χ0n) is 12.5. The fourth-order valence-corrected chi connectivity index (χ4v) is 2.63. The Labute approximate surface area is 136 Å². The van der Waals surface area contributed by atoms with E-state index in [1.54, 1.807) is 24.7 Å². The average Bonchev–Trinajstić information content (AvgIpc) is 3.17. The van der Waals surface area contributed by atoms with E-state index in [-0.39, 0.29) is 17.7 Å². The maximum atomic E-state index is 12.0. The Morgan fingerprint density at radius 2 is 2.29 bits per heavy atom. The highest BCUT2D eigenvalue weighted by Crippen LogP contribution is 2.38. The van der Waals surface area contributed by atoms with Crippen LogP contribution in [0.3, 0.4) is 0 Å². The number of hydrogen-bond donors (Lipinski definition) is 3. The molecule has 0 aliphatic heterocycles. The van der Waals surface area contributed by atoms with Crippen LogP contribution in [0.15, 0.2) is 30.7 Å². The van der Waals surface area contributed by atoms with Gasteiger partial charge >= 0.3 is 0 Å². The molecule has 0 spiro atoms. The number of carbonyl (C=O) groups is 1. The van der Waals surface area contributed by atoms with Gasteiger partial charge in [0.1, 0.15) is 11.6 Å². The molecule has 0 bridgehead atoms. The monoisotopic (exact) mass is 319 g/mol. The van der Waals surface area contributed by atoms with Crippen LogP contribution < -0.4 is 11.1 Å². The fourth-order valence-electron chi connectivity index (χ4n) is 2.63. The standard InChI is InChI=1S/C16H13N7O/c17-4-9-1-11(9)16(24)23-14-3-8-2-13(10-5-20-21-6-10)22-15(18)12(8)7-19-14/h2-3,5-7,9,11H,1H2,(H2,18,22)(H,20,21)(H,19,23,24)/t9-,11+/m0/s1. The molecule has 0 unspecified atom stereocenters. The van der Waals surface area contributed by atoms with E-state index >= 15 is 0 Å². The number of aromatic amines is 1. The van der Waals surface area contributed by atoms with E-state index in [9.17, 15) is 4.79 Å². The maximum Gasteiger partial charge on any atom is 0.230 e. The summed E-state index contributed by atoms with van der Waals surface area (Å²) in [4.78, 5) is 20.6. The van der Waals surface area contributed by atoms with Crippen molar-refractivity contribution in [2.75, 3.05) is 11.1 Å². The third kappa shape index (κ3) is 2.42. The van der Waals surface area contributed by atoms with Gasteiger partial charge in [0.2, 0.25) is 5.91 Å². The van der Waals surface area contributed by atoms with Crippen molar-refractivity contribution in [1.29, 1.82) is 5.26 Å². The Hall–Kier alpha value is -3.47. The van der Waals surface area contributed by atoms with Gasteiger partial charge in [0, 0.05) is 23.3 Å². The molecule has 3 aromatic heterocycles. The normalized spacial score (nSPS) is 19.0. The maximum absolute atomic E-state index is 12.0. The first-order valence-corrected chi connectivity index (χ1v) is 7.41. The second-order valence-corrected chi connectivity index (χ2v) is 5.74. The number of nitrogen functional groups attached to an aromatic ring is 1. The molecular formula is C16H13N7O. The van der Waals surface area contributed by atoms with Crippen molar-refractivity contribution in [3.8, 4) is 17.3 Å². The predicted octanol–water partition coefficient (Wildman–Crippen LogP) is 1.70. The summed E-state index contributed by atoms with van der Waals surface area (Å²) >= 11 is 0. The summed E-state index contributed by atoms with van der Waals surface area (Å²) < 4.78 is 0. The van der Waals surface area contributed by atoms with E-state index in [1.165, 1.54) is 0 Å². The van der Waals surface area contributed by atoms with Crippen molar-refractivity contribution in [3.05, 3.63) is 30.7 Å². The molecule has 8 nitrogen and oxygen atoms in total. The smallest absolute Gasteiger partial charge is 0.230 e. The number of hydrogen-bond acceptors (Lipinski definition) is 6. The molecule has 1 saturated carbocycles. The highest BCUT2D eigenvalue weighted by Gasteiger charge is 2.43. The molecule has 4 rings (SSSR count). The molecule has 1 aliphatic rings. The summed E-state index contributed by atoms with van der Waals surface area (Å²) in [5, 5.41) is 19.7. The predicted molar refractivity (Wildman–Crippen MR) is 87.4 cm³/mol. The Kier molecular flexibility index (Phi) is 3.13. The summed E-state index contributed by atoms with van der Waals surface area (Å²) in [7, 11) is 0. The summed E-state index contributed by atoms with van der Waals surface area (Å²) in [6.45, 7) is 0. The molecule has 0 saturated heterocycles. The summed E-state index contributed by atoms with van der Waals surface area (Å²) in [5.74, 6) is 0.195. The zero-order chi connectivity index (χ0) is 16.7. The van der Waals surface area contributed by atoms with Crippen molar-refractivity contribution in [2.24, 2.45) is 11.8 Å². The molecular weight excluding hydrogens is 306 g/mol. The number of carbonyl (C=O) groups excluding carboxylic acids is 1. The number of pyridine rings is 2. The molecule has 4 N–H and O–H groups in total. The number of fused-ring (bicyclic) bond motifs is 1. The molecule has 118 valence electrons. The van der Waals surface area contributed by atoms with Crippen LogP contribution in [-0.2, 0) is 4.79 Å². The molecule has 8 heteroatoms. The lowest BCUT2D eigenvalue weighted by Gasteiger charge is -2.08. The first-order valence-electron chi connectivity index (χ1n) is 7.41. The van der Waals surface area contributed by atoms with Crippen molar-refractivity contribution in [1.82, 2.24) is 20.2 Å². The highest BCUT2D eigenvalue weighted by atomic mass is 16.2. The third-order valence-electron chi connectivity index (χ3n) is 4.08. The number of amides is 1. The second-order valence-electron chi connectivity index (χ2n) is 5.74. The SMILES string of the molecule is N#C[C@@H]1C[C@H]1C(=O)Nc1cc2cc(-c3cn[nH]c3)nc(N)c2cn1. The van der Waals surface area contributed by atoms with Gasteiger partial charge in [-0.05, 0) is 23.9 Å². The third-order valence-corrected chi connectivity index (χ3v) is 4.08. The number of nitrogens with two attached hydrogens (primary N) is 1. The van der Waals surface area contributed by atoms with E-state index in [2.05, 4.69) is 31.6 Å². The molecule has 3 aromatic rings. The Morgan fingerprint density at radius 3 is 3.00 bits per heavy atom. The summed E-state index contributed by atoms with van der Waals surface area (Å²) in [5.41, 5.74) is 7.51. The molecule has 0 aromatic carbocycles. The van der Waals surface area contributed by atoms with E-state index in [1.807, 2.05) is 6.07 Å². The van der Waals surface area contributed by atoms with E-state index in [0.29, 0.717) is 29.1 Å². The average molecular weight is 319 g/mol. The Bertz CT molecular complexity index is 974. The van der Waals surface area contributed by atoms with Crippen LogP contribution in [0.1, 0.15) is 6.42 Å². The minimum absolute atomic E-state index is 0.175. The lowest BCUT2D eigenvalue weighted by Crippen LogP contribution is -2.15. The number of aromatic nitrogens is 4. The number of rotatable bonds is 3. The van der Waals surface area contributed by atoms with E-state index in [4.69, 9.17) is 11.0 Å². The zero-order valence-corrected chi connectivity index (χ0v) is 12.5. The molecule has 3 heterocycles. The van der Waals surface area contributed by atoms with Gasteiger partial charge < -0.3 is 11.1 Å². The van der Waals surface area contributed by atoms with E-state index in [0.717, 1.165) is 10.9 Å². The lowest BCUT2D eigenvalue weighted by atomic mass is 10.1. The van der Waals surface area contributed by atoms with Gasteiger partial charge in [-0.1, -0.05) is 0 Å². The van der Waals surface area contributed by atoms with Crippen LogP contribution in [0.2, 0.25) is 0 Å². The minimum Gasteiger partial charge on any atom is -0.383 e. The minimum atomic E-state index is -0.239. The number of anilines is 2. The number of nitrogens with one attached hydrogen (secondary N) is 2. The Balaban J connectivity index is 1.67. The van der Waals surface area contributed by atoms with Gasteiger partial charge in [-0.3, -0.25) is 9.89 Å². The topological polar surface area (TPSA) is 133 Å². The quantitative estimate of drug-likeness (QED) is 0.672.